The van der Waals surface area contributed by atoms with Gasteiger partial charge in [-0.15, -0.1) is 0 Å². The van der Waals surface area contributed by atoms with Crippen LogP contribution in [-0.4, -0.2) is 65.6 Å². The highest BCUT2D eigenvalue weighted by Crippen LogP contribution is 2.53. The van der Waals surface area contributed by atoms with Crippen molar-refractivity contribution >= 4 is 0 Å². The topological polar surface area (TPSA) is 67.9 Å². The van der Waals surface area contributed by atoms with Gasteiger partial charge in [0.05, 0.1) is 34.5 Å². The Bertz CT molecular complexity index is 989. The molecule has 3 atom stereocenters. The van der Waals surface area contributed by atoms with Gasteiger partial charge < -0.3 is 33.2 Å². The van der Waals surface area contributed by atoms with Crippen LogP contribution in [0.15, 0.2) is 24.3 Å². The number of nitrogens with zero attached hydrogens (tertiary/aromatic N) is 1. The Hall–Kier alpha value is -2.84. The fourth-order valence-electron chi connectivity index (χ4n) is 5.03. The standard InChI is InChI=1S/C24H29NO7/c1-14-21(15-5-6-17(26-2)23(28-4)22(15)27-3)16-11-19-20(31-13-30-19)12-18(16)32-24(14)25-7-9-29-10-8-25/h5-6,11-12,14,21,24H,7-10,13H2,1-4H3/t14-,21+,24+/m1/s1. The van der Waals surface area contributed by atoms with E-state index >= 15 is 0 Å². The lowest BCUT2D eigenvalue weighted by molar-refractivity contribution is -0.0785. The smallest absolute Gasteiger partial charge is 0.231 e. The first-order valence-corrected chi connectivity index (χ1v) is 10.9. The SMILES string of the molecule is COc1ccc([C@H]2c3cc4c(cc3O[C@H](N3CCOCC3)[C@@H]2C)OCO4)c(OC)c1OC. The van der Waals surface area contributed by atoms with Crippen LogP contribution in [0.3, 0.4) is 0 Å². The number of morpholine rings is 1. The predicted octanol–water partition coefficient (Wildman–Crippen LogP) is 3.26. The second kappa shape index (κ2) is 8.60. The molecule has 8 nitrogen and oxygen atoms in total. The summed E-state index contributed by atoms with van der Waals surface area (Å²) in [5, 5.41) is 0. The molecule has 3 aliphatic heterocycles. The van der Waals surface area contributed by atoms with Crippen molar-refractivity contribution in [3.8, 4) is 34.5 Å². The third-order valence-electron chi connectivity index (χ3n) is 6.54. The lowest BCUT2D eigenvalue weighted by Crippen LogP contribution is -2.52. The first-order chi connectivity index (χ1) is 15.7. The maximum absolute atomic E-state index is 6.57. The summed E-state index contributed by atoms with van der Waals surface area (Å²) >= 11 is 0. The monoisotopic (exact) mass is 443 g/mol. The Balaban J connectivity index is 1.66. The number of benzene rings is 2. The normalized spacial score (nSPS) is 24.4. The van der Waals surface area contributed by atoms with Gasteiger partial charge in [-0.25, -0.2) is 0 Å². The lowest BCUT2D eigenvalue weighted by atomic mass is 9.77. The molecule has 0 bridgehead atoms. The largest absolute Gasteiger partial charge is 0.493 e. The third-order valence-corrected chi connectivity index (χ3v) is 6.54. The van der Waals surface area contributed by atoms with Gasteiger partial charge in [-0.2, -0.15) is 0 Å². The number of rotatable bonds is 5. The molecule has 0 amide bonds. The molecule has 0 radical (unpaired) electrons. The number of hydrogen-bond donors (Lipinski definition) is 0. The summed E-state index contributed by atoms with van der Waals surface area (Å²) in [5.74, 6) is 4.20. The highest BCUT2D eigenvalue weighted by atomic mass is 16.7. The van der Waals surface area contributed by atoms with Gasteiger partial charge in [0.15, 0.2) is 29.2 Å². The van der Waals surface area contributed by atoms with E-state index in [1.54, 1.807) is 21.3 Å². The van der Waals surface area contributed by atoms with Gasteiger partial charge in [0, 0.05) is 42.1 Å². The molecule has 172 valence electrons. The van der Waals surface area contributed by atoms with Crippen LogP contribution in [0.4, 0.5) is 0 Å². The Morgan fingerprint density at radius 1 is 0.844 bits per heavy atom. The molecule has 0 aliphatic carbocycles. The van der Waals surface area contributed by atoms with E-state index in [2.05, 4.69) is 17.9 Å². The van der Waals surface area contributed by atoms with Crippen molar-refractivity contribution in [2.45, 2.75) is 19.1 Å². The lowest BCUT2D eigenvalue weighted by Gasteiger charge is -2.44. The van der Waals surface area contributed by atoms with Gasteiger partial charge in [0.1, 0.15) is 5.75 Å². The Labute approximate surface area is 187 Å². The molecule has 1 saturated heterocycles. The average molecular weight is 443 g/mol. The fourth-order valence-corrected chi connectivity index (χ4v) is 5.03. The minimum Gasteiger partial charge on any atom is -0.493 e. The predicted molar refractivity (Wildman–Crippen MR) is 116 cm³/mol. The van der Waals surface area contributed by atoms with E-state index in [4.69, 9.17) is 33.2 Å². The third kappa shape index (κ3) is 3.38. The molecule has 32 heavy (non-hydrogen) atoms. The first kappa shape index (κ1) is 21.0. The van der Waals surface area contributed by atoms with Crippen molar-refractivity contribution in [1.29, 1.82) is 0 Å². The van der Waals surface area contributed by atoms with E-state index < -0.39 is 0 Å². The van der Waals surface area contributed by atoms with Crippen molar-refractivity contribution in [2.75, 3.05) is 54.4 Å². The van der Waals surface area contributed by atoms with E-state index in [1.165, 1.54) is 0 Å². The van der Waals surface area contributed by atoms with Crippen molar-refractivity contribution in [2.24, 2.45) is 5.92 Å². The summed E-state index contributed by atoms with van der Waals surface area (Å²) in [6.07, 6.45) is -0.116. The summed E-state index contributed by atoms with van der Waals surface area (Å²) < 4.78 is 40.5. The van der Waals surface area contributed by atoms with Crippen molar-refractivity contribution in [3.63, 3.8) is 0 Å². The molecule has 0 saturated carbocycles. The minimum absolute atomic E-state index is 0.0177. The van der Waals surface area contributed by atoms with Gasteiger partial charge in [0.25, 0.3) is 0 Å². The Morgan fingerprint density at radius 3 is 2.25 bits per heavy atom. The van der Waals surface area contributed by atoms with Crippen molar-refractivity contribution in [1.82, 2.24) is 4.90 Å². The molecule has 0 N–H and O–H groups in total. The summed E-state index contributed by atoms with van der Waals surface area (Å²) in [4.78, 5) is 2.35. The molecule has 8 heteroatoms. The second-order valence-electron chi connectivity index (χ2n) is 8.16. The van der Waals surface area contributed by atoms with Crippen LogP contribution in [0.5, 0.6) is 34.5 Å². The fraction of sp³-hybridized carbons (Fsp3) is 0.500. The van der Waals surface area contributed by atoms with Crippen LogP contribution < -0.4 is 28.4 Å². The van der Waals surface area contributed by atoms with Crippen LogP contribution in [0.2, 0.25) is 0 Å². The van der Waals surface area contributed by atoms with Gasteiger partial charge in [0.2, 0.25) is 12.5 Å². The highest BCUT2D eigenvalue weighted by Gasteiger charge is 2.42. The second-order valence-corrected chi connectivity index (χ2v) is 8.16. The maximum Gasteiger partial charge on any atom is 0.231 e. The van der Waals surface area contributed by atoms with Crippen LogP contribution in [-0.2, 0) is 4.74 Å². The number of fused-ring (bicyclic) bond motifs is 2. The highest BCUT2D eigenvalue weighted by molar-refractivity contribution is 5.62. The number of hydrogen-bond acceptors (Lipinski definition) is 8. The molecule has 0 unspecified atom stereocenters. The molecule has 2 aromatic carbocycles. The number of ether oxygens (including phenoxy) is 7. The van der Waals surface area contributed by atoms with Crippen LogP contribution in [0, 0.1) is 5.92 Å². The van der Waals surface area contributed by atoms with Gasteiger partial charge in [-0.1, -0.05) is 13.0 Å². The molecule has 2 aromatic rings. The molecular weight excluding hydrogens is 414 g/mol. The minimum atomic E-state index is -0.116. The van der Waals surface area contributed by atoms with Crippen LogP contribution in [0.1, 0.15) is 24.0 Å². The summed E-state index contributed by atoms with van der Waals surface area (Å²) in [6, 6.07) is 7.95. The summed E-state index contributed by atoms with van der Waals surface area (Å²) in [7, 11) is 4.91. The van der Waals surface area contributed by atoms with E-state index in [1.807, 2.05) is 18.2 Å². The van der Waals surface area contributed by atoms with Crippen molar-refractivity contribution < 1.29 is 33.2 Å². The zero-order chi connectivity index (χ0) is 22.2. The van der Waals surface area contributed by atoms with Crippen molar-refractivity contribution in [3.05, 3.63) is 35.4 Å². The molecule has 1 fully saturated rings. The molecule has 5 rings (SSSR count). The van der Waals surface area contributed by atoms with E-state index in [9.17, 15) is 0 Å². The number of methoxy groups -OCH3 is 3. The first-order valence-electron chi connectivity index (χ1n) is 10.9. The van der Waals surface area contributed by atoms with Gasteiger partial charge in [-0.3, -0.25) is 4.90 Å². The van der Waals surface area contributed by atoms with Crippen LogP contribution >= 0.6 is 0 Å². The van der Waals surface area contributed by atoms with Crippen LogP contribution in [0.25, 0.3) is 0 Å². The average Bonchev–Trinajstić information content (AvgIpc) is 3.29. The van der Waals surface area contributed by atoms with Gasteiger partial charge >= 0.3 is 0 Å². The summed E-state index contributed by atoms with van der Waals surface area (Å²) in [5.41, 5.74) is 2.05. The molecule has 3 heterocycles. The van der Waals surface area contributed by atoms with E-state index in [0.29, 0.717) is 36.2 Å². The van der Waals surface area contributed by atoms with E-state index in [0.717, 1.165) is 35.7 Å². The Kier molecular flexibility index (Phi) is 5.65. The maximum atomic E-state index is 6.57. The zero-order valence-corrected chi connectivity index (χ0v) is 18.9. The van der Waals surface area contributed by atoms with E-state index in [-0.39, 0.29) is 24.9 Å². The van der Waals surface area contributed by atoms with Gasteiger partial charge in [-0.05, 0) is 12.1 Å². The quantitative estimate of drug-likeness (QED) is 0.698. The summed E-state index contributed by atoms with van der Waals surface area (Å²) in [6.45, 7) is 5.48. The molecule has 3 aliphatic rings. The molecular formula is C24H29NO7. The Morgan fingerprint density at radius 2 is 1.56 bits per heavy atom. The molecule has 0 aromatic heterocycles. The zero-order valence-electron chi connectivity index (χ0n) is 18.9. The molecule has 0 spiro atoms.